The molecule has 0 saturated carbocycles. The van der Waals surface area contributed by atoms with Gasteiger partial charge in [0.05, 0.1) is 38.0 Å². The molecule has 1 aliphatic heterocycles. The Labute approximate surface area is 232 Å². The molecule has 0 bridgehead atoms. The second-order valence-corrected chi connectivity index (χ2v) is 12.3. The van der Waals surface area contributed by atoms with Gasteiger partial charge in [-0.15, -0.1) is 0 Å². The number of nitrogens with zero attached hydrogens (tertiary/aromatic N) is 2. The largest absolute Gasteiger partial charge is 0.497 e. The Morgan fingerprint density at radius 2 is 1.65 bits per heavy atom. The molecule has 1 N–H and O–H groups in total. The first-order chi connectivity index (χ1) is 19.1. The summed E-state index contributed by atoms with van der Waals surface area (Å²) in [6.07, 6.45) is 0. The number of carbonyl (C=O) groups is 1. The van der Waals surface area contributed by atoms with Crippen molar-refractivity contribution in [1.82, 2.24) is 4.31 Å². The number of methoxy groups -OCH3 is 2. The highest BCUT2D eigenvalue weighted by molar-refractivity contribution is 7.92. The Balaban J connectivity index is 1.64. The Kier molecular flexibility index (Phi) is 8.93. The monoisotopic (exact) mass is 593 g/mol. The maximum Gasteiger partial charge on any atom is 0.264 e. The van der Waals surface area contributed by atoms with Gasteiger partial charge >= 0.3 is 0 Å². The number of hydrogen-bond donors (Lipinski definition) is 1. The predicted molar refractivity (Wildman–Crippen MR) is 145 cm³/mol. The summed E-state index contributed by atoms with van der Waals surface area (Å²) < 4.78 is 85.9. The maximum atomic E-state index is 14.8. The van der Waals surface area contributed by atoms with Gasteiger partial charge < -0.3 is 19.5 Å². The van der Waals surface area contributed by atoms with Gasteiger partial charge in [0.2, 0.25) is 15.9 Å². The average Bonchev–Trinajstić information content (AvgIpc) is 2.96. The third-order valence-corrected chi connectivity index (χ3v) is 9.78. The first-order valence-corrected chi connectivity index (χ1v) is 14.9. The third-order valence-electron chi connectivity index (χ3n) is 6.09. The lowest BCUT2D eigenvalue weighted by molar-refractivity contribution is -0.114. The van der Waals surface area contributed by atoms with Crippen LogP contribution in [-0.4, -0.2) is 74.1 Å². The number of amides is 1. The minimum absolute atomic E-state index is 0.0690. The number of nitrogens with one attached hydrogen (secondary N) is 1. The standard InChI is InChI=1S/C26H28FN3O8S2/c1-36-20-8-10-21(11-9-20)39(32,33)30(23-6-4-3-5-22(23)27)18-26(31)28-19-7-12-24(37-2)25(17-19)40(34,35)29-13-15-38-16-14-29/h3-12,17H,13-16,18H2,1-2H3,(H,28,31). The van der Waals surface area contributed by atoms with E-state index in [1.807, 2.05) is 0 Å². The van der Waals surface area contributed by atoms with E-state index < -0.39 is 38.3 Å². The van der Waals surface area contributed by atoms with Crippen LogP contribution in [0.25, 0.3) is 0 Å². The number of carbonyl (C=O) groups excluding carboxylic acids is 1. The van der Waals surface area contributed by atoms with Crippen molar-refractivity contribution in [2.75, 3.05) is 56.7 Å². The number of rotatable bonds is 10. The number of anilines is 2. The van der Waals surface area contributed by atoms with Crippen molar-refractivity contribution in [2.45, 2.75) is 9.79 Å². The molecule has 3 aromatic rings. The van der Waals surface area contributed by atoms with Crippen molar-refractivity contribution in [3.63, 3.8) is 0 Å². The fraction of sp³-hybridized carbons (Fsp3) is 0.269. The van der Waals surface area contributed by atoms with E-state index in [-0.39, 0.29) is 53.2 Å². The summed E-state index contributed by atoms with van der Waals surface area (Å²) in [7, 11) is -5.64. The SMILES string of the molecule is COc1ccc(S(=O)(=O)N(CC(=O)Nc2ccc(OC)c(S(=O)(=O)N3CCOCC3)c2)c2ccccc2F)cc1. The van der Waals surface area contributed by atoms with Crippen LogP contribution in [0.15, 0.2) is 76.5 Å². The second-order valence-electron chi connectivity index (χ2n) is 8.57. The van der Waals surface area contributed by atoms with Crippen LogP contribution in [0.4, 0.5) is 15.8 Å². The average molecular weight is 594 g/mol. The normalized spacial score (nSPS) is 14.4. The Hall–Kier alpha value is -3.72. The highest BCUT2D eigenvalue weighted by Crippen LogP contribution is 2.31. The van der Waals surface area contributed by atoms with E-state index in [9.17, 15) is 26.0 Å². The molecule has 1 amide bonds. The number of para-hydroxylation sites is 1. The zero-order valence-corrected chi connectivity index (χ0v) is 23.4. The van der Waals surface area contributed by atoms with Gasteiger partial charge in [-0.25, -0.2) is 21.2 Å². The molecule has 1 heterocycles. The molecule has 0 radical (unpaired) electrons. The van der Waals surface area contributed by atoms with Crippen LogP contribution < -0.4 is 19.1 Å². The smallest absolute Gasteiger partial charge is 0.264 e. The van der Waals surface area contributed by atoms with Gasteiger partial charge in [0.1, 0.15) is 28.8 Å². The quantitative estimate of drug-likeness (QED) is 0.380. The van der Waals surface area contributed by atoms with E-state index in [0.717, 1.165) is 6.07 Å². The molecule has 4 rings (SSSR count). The number of morpholine rings is 1. The van der Waals surface area contributed by atoms with Gasteiger partial charge in [-0.3, -0.25) is 9.10 Å². The van der Waals surface area contributed by atoms with Crippen molar-refractivity contribution in [3.05, 3.63) is 72.5 Å². The summed E-state index contributed by atoms with van der Waals surface area (Å²) in [4.78, 5) is 12.8. The van der Waals surface area contributed by atoms with Crippen LogP contribution in [0.1, 0.15) is 0 Å². The Morgan fingerprint density at radius 3 is 2.27 bits per heavy atom. The maximum absolute atomic E-state index is 14.8. The fourth-order valence-electron chi connectivity index (χ4n) is 4.04. The minimum Gasteiger partial charge on any atom is -0.497 e. The van der Waals surface area contributed by atoms with Gasteiger partial charge in [0, 0.05) is 18.8 Å². The van der Waals surface area contributed by atoms with Crippen molar-refractivity contribution in [1.29, 1.82) is 0 Å². The van der Waals surface area contributed by atoms with E-state index in [4.69, 9.17) is 14.2 Å². The third kappa shape index (κ3) is 6.20. The lowest BCUT2D eigenvalue weighted by Gasteiger charge is -2.27. The molecule has 3 aromatic carbocycles. The fourth-order valence-corrected chi connectivity index (χ4v) is 7.06. The molecular weight excluding hydrogens is 565 g/mol. The molecule has 1 saturated heterocycles. The lowest BCUT2D eigenvalue weighted by atomic mass is 10.3. The number of sulfonamides is 2. The van der Waals surface area contributed by atoms with Crippen molar-refractivity contribution < 1.29 is 40.2 Å². The zero-order valence-electron chi connectivity index (χ0n) is 21.7. The molecule has 0 aromatic heterocycles. The van der Waals surface area contributed by atoms with Crippen LogP contribution in [0, 0.1) is 5.82 Å². The number of hydrogen-bond acceptors (Lipinski definition) is 8. The summed E-state index contributed by atoms with van der Waals surface area (Å²) in [5.41, 5.74) is -0.258. The van der Waals surface area contributed by atoms with E-state index in [1.165, 1.54) is 79.2 Å². The summed E-state index contributed by atoms with van der Waals surface area (Å²) in [5, 5.41) is 2.52. The van der Waals surface area contributed by atoms with E-state index in [0.29, 0.717) is 10.1 Å². The number of ether oxygens (including phenoxy) is 3. The van der Waals surface area contributed by atoms with Crippen LogP contribution >= 0.6 is 0 Å². The molecule has 0 spiro atoms. The van der Waals surface area contributed by atoms with E-state index >= 15 is 0 Å². The molecule has 40 heavy (non-hydrogen) atoms. The van der Waals surface area contributed by atoms with Gasteiger partial charge in [0.15, 0.2) is 0 Å². The van der Waals surface area contributed by atoms with Crippen LogP contribution in [0.5, 0.6) is 11.5 Å². The van der Waals surface area contributed by atoms with Crippen LogP contribution in [0.3, 0.4) is 0 Å². The second kappa shape index (κ2) is 12.2. The molecule has 0 atom stereocenters. The predicted octanol–water partition coefficient (Wildman–Crippen LogP) is 2.70. The number of benzene rings is 3. The van der Waals surface area contributed by atoms with Crippen LogP contribution in [-0.2, 0) is 29.6 Å². The van der Waals surface area contributed by atoms with Crippen molar-refractivity contribution in [2.24, 2.45) is 0 Å². The molecule has 1 aliphatic rings. The summed E-state index contributed by atoms with van der Waals surface area (Å²) in [5.74, 6) is -1.20. The Morgan fingerprint density at radius 1 is 0.975 bits per heavy atom. The molecular formula is C26H28FN3O8S2. The molecule has 1 fully saturated rings. The van der Waals surface area contributed by atoms with E-state index in [1.54, 1.807) is 0 Å². The van der Waals surface area contributed by atoms with Gasteiger partial charge in [-0.05, 0) is 54.6 Å². The van der Waals surface area contributed by atoms with Crippen LogP contribution in [0.2, 0.25) is 0 Å². The van der Waals surface area contributed by atoms with Gasteiger partial charge in [0.25, 0.3) is 10.0 Å². The van der Waals surface area contributed by atoms with Gasteiger partial charge in [-0.1, -0.05) is 12.1 Å². The highest BCUT2D eigenvalue weighted by Gasteiger charge is 2.31. The molecule has 14 heteroatoms. The van der Waals surface area contributed by atoms with Gasteiger partial charge in [-0.2, -0.15) is 4.31 Å². The molecule has 214 valence electrons. The minimum atomic E-state index is -4.40. The Bertz CT molecular complexity index is 1580. The summed E-state index contributed by atoms with van der Waals surface area (Å²) >= 11 is 0. The first kappa shape index (κ1) is 29.3. The topological polar surface area (TPSA) is 132 Å². The summed E-state index contributed by atoms with van der Waals surface area (Å²) in [6.45, 7) is -0.00228. The highest BCUT2D eigenvalue weighted by atomic mass is 32.2. The first-order valence-electron chi connectivity index (χ1n) is 12.0. The molecule has 0 unspecified atom stereocenters. The molecule has 11 nitrogen and oxygen atoms in total. The molecule has 0 aliphatic carbocycles. The zero-order chi connectivity index (χ0) is 28.9. The summed E-state index contributed by atoms with van der Waals surface area (Å²) in [6, 6.07) is 14.6. The number of halogens is 1. The van der Waals surface area contributed by atoms with Crippen molar-refractivity contribution >= 4 is 37.3 Å². The van der Waals surface area contributed by atoms with Crippen molar-refractivity contribution in [3.8, 4) is 11.5 Å². The van der Waals surface area contributed by atoms with E-state index in [2.05, 4.69) is 5.32 Å². The lowest BCUT2D eigenvalue weighted by Crippen LogP contribution is -2.40.